The number of thiazole rings is 1. The predicted octanol–water partition coefficient (Wildman–Crippen LogP) is 4.57. The van der Waals surface area contributed by atoms with Gasteiger partial charge in [0.25, 0.3) is 5.91 Å². The molecule has 0 spiro atoms. The summed E-state index contributed by atoms with van der Waals surface area (Å²) in [6.07, 6.45) is 0. The average molecular weight is 318 g/mol. The highest BCUT2D eigenvalue weighted by atomic mass is 32.1. The lowest BCUT2D eigenvalue weighted by Crippen LogP contribution is -2.12. The van der Waals surface area contributed by atoms with E-state index in [-0.39, 0.29) is 11.7 Å². The number of carbonyl (C=O) groups excluding carboxylic acids is 1. The van der Waals surface area contributed by atoms with Gasteiger partial charge in [0.1, 0.15) is 16.5 Å². The standard InChI is InChI=1S/C15H11FN2OS2/c1-9-5-6-13(21-9)15-18-12(8-20-15)14(19)17-11-4-2-3-10(16)7-11/h2-8H,1H3,(H,17,19). The van der Waals surface area contributed by atoms with E-state index >= 15 is 0 Å². The largest absolute Gasteiger partial charge is 0.321 e. The number of nitrogens with zero attached hydrogens (tertiary/aromatic N) is 1. The Labute approximate surface area is 129 Å². The molecule has 0 fully saturated rings. The van der Waals surface area contributed by atoms with Crippen LogP contribution in [0.25, 0.3) is 9.88 Å². The molecule has 1 N–H and O–H groups in total. The van der Waals surface area contributed by atoms with E-state index in [4.69, 9.17) is 0 Å². The van der Waals surface area contributed by atoms with Crippen molar-refractivity contribution in [1.82, 2.24) is 4.98 Å². The van der Waals surface area contributed by atoms with Crippen molar-refractivity contribution in [2.75, 3.05) is 5.32 Å². The van der Waals surface area contributed by atoms with E-state index < -0.39 is 0 Å². The summed E-state index contributed by atoms with van der Waals surface area (Å²) < 4.78 is 13.1. The number of aromatic nitrogens is 1. The molecule has 3 nitrogen and oxygen atoms in total. The van der Waals surface area contributed by atoms with Crippen LogP contribution in [0.15, 0.2) is 41.8 Å². The van der Waals surface area contributed by atoms with Crippen LogP contribution >= 0.6 is 22.7 Å². The minimum absolute atomic E-state index is 0.337. The molecule has 6 heteroatoms. The van der Waals surface area contributed by atoms with Crippen LogP contribution in [0.1, 0.15) is 15.4 Å². The number of thiophene rings is 1. The van der Waals surface area contributed by atoms with Gasteiger partial charge in [-0.1, -0.05) is 6.07 Å². The molecule has 0 saturated carbocycles. The second kappa shape index (κ2) is 5.75. The third kappa shape index (κ3) is 3.17. The molecule has 1 aromatic carbocycles. The summed E-state index contributed by atoms with van der Waals surface area (Å²) >= 11 is 3.06. The molecule has 3 aromatic rings. The van der Waals surface area contributed by atoms with E-state index in [0.29, 0.717) is 11.4 Å². The van der Waals surface area contributed by atoms with Gasteiger partial charge in [-0.05, 0) is 37.3 Å². The van der Waals surface area contributed by atoms with Crippen LogP contribution in [0, 0.1) is 12.7 Å². The first-order chi connectivity index (χ1) is 10.1. The maximum atomic E-state index is 13.1. The first-order valence-electron chi connectivity index (χ1n) is 6.21. The van der Waals surface area contributed by atoms with Crippen molar-refractivity contribution >= 4 is 34.3 Å². The maximum Gasteiger partial charge on any atom is 0.275 e. The normalized spacial score (nSPS) is 10.6. The summed E-state index contributed by atoms with van der Waals surface area (Å²) in [6.45, 7) is 2.03. The van der Waals surface area contributed by atoms with Crippen molar-refractivity contribution in [3.63, 3.8) is 0 Å². The number of halogens is 1. The van der Waals surface area contributed by atoms with Crippen LogP contribution in [0.5, 0.6) is 0 Å². The zero-order valence-corrected chi connectivity index (χ0v) is 12.7. The zero-order chi connectivity index (χ0) is 14.8. The Bertz CT molecular complexity index is 794. The van der Waals surface area contributed by atoms with E-state index in [9.17, 15) is 9.18 Å². The van der Waals surface area contributed by atoms with Gasteiger partial charge in [-0.2, -0.15) is 0 Å². The Hall–Kier alpha value is -2.05. The first-order valence-corrected chi connectivity index (χ1v) is 7.91. The van der Waals surface area contributed by atoms with Crippen molar-refractivity contribution in [2.24, 2.45) is 0 Å². The summed E-state index contributed by atoms with van der Waals surface area (Å²) in [4.78, 5) is 18.7. The van der Waals surface area contributed by atoms with Gasteiger partial charge in [-0.15, -0.1) is 22.7 Å². The van der Waals surface area contributed by atoms with Crippen LogP contribution in [-0.2, 0) is 0 Å². The number of rotatable bonds is 3. The molecular weight excluding hydrogens is 307 g/mol. The Morgan fingerprint density at radius 1 is 1.29 bits per heavy atom. The molecule has 3 rings (SSSR count). The molecule has 0 atom stereocenters. The summed E-state index contributed by atoms with van der Waals surface area (Å²) in [6, 6.07) is 9.80. The number of hydrogen-bond donors (Lipinski definition) is 1. The number of nitrogens with one attached hydrogen (secondary N) is 1. The van der Waals surface area contributed by atoms with Gasteiger partial charge < -0.3 is 5.32 Å². The maximum absolute atomic E-state index is 13.1. The lowest BCUT2D eigenvalue weighted by molar-refractivity contribution is 0.102. The van der Waals surface area contributed by atoms with Gasteiger partial charge in [0, 0.05) is 15.9 Å². The molecule has 2 heterocycles. The Morgan fingerprint density at radius 2 is 2.14 bits per heavy atom. The van der Waals surface area contributed by atoms with Gasteiger partial charge >= 0.3 is 0 Å². The quantitative estimate of drug-likeness (QED) is 0.768. The van der Waals surface area contributed by atoms with Crippen LogP contribution in [0.2, 0.25) is 0 Å². The number of amides is 1. The van der Waals surface area contributed by atoms with Gasteiger partial charge in [-0.3, -0.25) is 4.79 Å². The van der Waals surface area contributed by atoms with Crippen LogP contribution in [0.3, 0.4) is 0 Å². The van der Waals surface area contributed by atoms with Crippen molar-refractivity contribution in [2.45, 2.75) is 6.92 Å². The van der Waals surface area contributed by atoms with Gasteiger partial charge in [0.05, 0.1) is 4.88 Å². The number of hydrogen-bond acceptors (Lipinski definition) is 4. The Balaban J connectivity index is 1.78. The summed E-state index contributed by atoms with van der Waals surface area (Å²) in [5.74, 6) is -0.725. The van der Waals surface area contributed by atoms with Crippen molar-refractivity contribution in [3.05, 3.63) is 58.2 Å². The number of carbonyl (C=O) groups is 1. The number of anilines is 1. The van der Waals surface area contributed by atoms with Crippen LogP contribution in [-0.4, -0.2) is 10.9 Å². The fourth-order valence-corrected chi connectivity index (χ4v) is 3.54. The fraction of sp³-hybridized carbons (Fsp3) is 0.0667. The third-order valence-electron chi connectivity index (χ3n) is 2.77. The number of benzene rings is 1. The molecular formula is C15H11FN2OS2. The molecule has 0 aliphatic heterocycles. The molecule has 2 aromatic heterocycles. The second-order valence-electron chi connectivity index (χ2n) is 4.41. The highest BCUT2D eigenvalue weighted by molar-refractivity contribution is 7.21. The first kappa shape index (κ1) is 13.9. The van der Waals surface area contributed by atoms with E-state index in [1.807, 2.05) is 19.1 Å². The van der Waals surface area contributed by atoms with E-state index in [0.717, 1.165) is 9.88 Å². The van der Waals surface area contributed by atoms with Gasteiger partial charge in [0.2, 0.25) is 0 Å². The minimum atomic E-state index is -0.388. The van der Waals surface area contributed by atoms with E-state index in [2.05, 4.69) is 10.3 Å². The van der Waals surface area contributed by atoms with E-state index in [1.54, 1.807) is 28.8 Å². The minimum Gasteiger partial charge on any atom is -0.321 e. The average Bonchev–Trinajstić information content (AvgIpc) is 3.07. The lowest BCUT2D eigenvalue weighted by Gasteiger charge is -2.02. The number of aryl methyl sites for hydroxylation is 1. The molecule has 0 bridgehead atoms. The Kier molecular flexibility index (Phi) is 3.81. The highest BCUT2D eigenvalue weighted by Gasteiger charge is 2.13. The molecule has 0 aliphatic carbocycles. The highest BCUT2D eigenvalue weighted by Crippen LogP contribution is 2.30. The topological polar surface area (TPSA) is 42.0 Å². The van der Waals surface area contributed by atoms with Gasteiger partial charge in [-0.25, -0.2) is 9.37 Å². The summed E-state index contributed by atoms with van der Waals surface area (Å²) in [7, 11) is 0. The SMILES string of the molecule is Cc1ccc(-c2nc(C(=O)Nc3cccc(F)c3)cs2)s1. The van der Waals surface area contributed by atoms with Gasteiger partial charge in [0.15, 0.2) is 0 Å². The Morgan fingerprint density at radius 3 is 2.86 bits per heavy atom. The molecule has 0 aliphatic rings. The molecule has 106 valence electrons. The van der Waals surface area contributed by atoms with Crippen molar-refractivity contribution in [1.29, 1.82) is 0 Å². The molecule has 0 unspecified atom stereocenters. The monoisotopic (exact) mass is 318 g/mol. The van der Waals surface area contributed by atoms with Crippen LogP contribution in [0.4, 0.5) is 10.1 Å². The zero-order valence-electron chi connectivity index (χ0n) is 11.1. The summed E-state index contributed by atoms with van der Waals surface area (Å²) in [5.41, 5.74) is 0.756. The molecule has 21 heavy (non-hydrogen) atoms. The fourth-order valence-electron chi connectivity index (χ4n) is 1.80. The smallest absolute Gasteiger partial charge is 0.275 e. The lowest BCUT2D eigenvalue weighted by atomic mass is 10.3. The predicted molar refractivity (Wildman–Crippen MR) is 84.5 cm³/mol. The van der Waals surface area contributed by atoms with E-state index in [1.165, 1.54) is 28.3 Å². The van der Waals surface area contributed by atoms with Crippen molar-refractivity contribution in [3.8, 4) is 9.88 Å². The molecule has 1 amide bonds. The molecule has 0 saturated heterocycles. The summed E-state index contributed by atoms with van der Waals surface area (Å²) in [5, 5.41) is 5.16. The third-order valence-corrected chi connectivity index (χ3v) is 4.78. The second-order valence-corrected chi connectivity index (χ2v) is 6.56. The van der Waals surface area contributed by atoms with Crippen molar-refractivity contribution < 1.29 is 9.18 Å². The molecule has 0 radical (unpaired) electrons. The van der Waals surface area contributed by atoms with Crippen LogP contribution < -0.4 is 5.32 Å².